The standard InChI is InChI=1S/C21H24N4O2/c1-13-8-14(2)21(15(3)9-13)27-12-20(26)23-18-6-7-19(22-11-18)25-17(5)10-16(4)24-25/h6-11H,12H2,1-5H3,(H,23,26). The SMILES string of the molecule is Cc1cc(C)c(OCC(=O)Nc2ccc(-n3nc(C)cc3C)nc2)c(C)c1. The minimum Gasteiger partial charge on any atom is -0.483 e. The van der Waals surface area contributed by atoms with E-state index in [1.807, 2.05) is 58.9 Å². The van der Waals surface area contributed by atoms with E-state index in [1.54, 1.807) is 16.9 Å². The van der Waals surface area contributed by atoms with Crippen LogP contribution in [-0.2, 0) is 4.79 Å². The van der Waals surface area contributed by atoms with Crippen LogP contribution in [0.15, 0.2) is 36.5 Å². The molecule has 0 aliphatic heterocycles. The Bertz CT molecular complexity index is 951. The van der Waals surface area contributed by atoms with E-state index in [0.29, 0.717) is 11.5 Å². The Labute approximate surface area is 159 Å². The van der Waals surface area contributed by atoms with Crippen molar-refractivity contribution in [3.05, 3.63) is 64.6 Å². The molecule has 6 nitrogen and oxygen atoms in total. The van der Waals surface area contributed by atoms with Gasteiger partial charge in [-0.2, -0.15) is 5.10 Å². The van der Waals surface area contributed by atoms with Crippen molar-refractivity contribution in [3.63, 3.8) is 0 Å². The molecule has 2 aromatic heterocycles. The number of hydrogen-bond acceptors (Lipinski definition) is 4. The Morgan fingerprint density at radius 1 is 1.07 bits per heavy atom. The fraction of sp³-hybridized carbons (Fsp3) is 0.286. The molecule has 0 fully saturated rings. The molecular weight excluding hydrogens is 340 g/mol. The third kappa shape index (κ3) is 4.34. The van der Waals surface area contributed by atoms with E-state index in [1.165, 1.54) is 5.56 Å². The number of aryl methyl sites for hydroxylation is 5. The lowest BCUT2D eigenvalue weighted by Crippen LogP contribution is -2.21. The van der Waals surface area contributed by atoms with Crippen LogP contribution in [0.3, 0.4) is 0 Å². The van der Waals surface area contributed by atoms with Crippen LogP contribution in [0.2, 0.25) is 0 Å². The van der Waals surface area contributed by atoms with Crippen LogP contribution in [0.5, 0.6) is 5.75 Å². The molecule has 0 bridgehead atoms. The van der Waals surface area contributed by atoms with Gasteiger partial charge in [0.2, 0.25) is 0 Å². The molecule has 1 N–H and O–H groups in total. The van der Waals surface area contributed by atoms with Crippen molar-refractivity contribution in [2.75, 3.05) is 11.9 Å². The average Bonchev–Trinajstić information content (AvgIpc) is 2.93. The number of nitrogens with zero attached hydrogens (tertiary/aromatic N) is 3. The van der Waals surface area contributed by atoms with E-state index in [-0.39, 0.29) is 12.5 Å². The summed E-state index contributed by atoms with van der Waals surface area (Å²) in [6.07, 6.45) is 1.62. The van der Waals surface area contributed by atoms with Gasteiger partial charge < -0.3 is 10.1 Å². The summed E-state index contributed by atoms with van der Waals surface area (Å²) in [4.78, 5) is 16.6. The predicted octanol–water partition coefficient (Wildman–Crippen LogP) is 3.83. The van der Waals surface area contributed by atoms with Gasteiger partial charge in [0.1, 0.15) is 5.75 Å². The number of anilines is 1. The third-order valence-corrected chi connectivity index (χ3v) is 4.21. The van der Waals surface area contributed by atoms with Crippen molar-refractivity contribution in [3.8, 4) is 11.6 Å². The largest absolute Gasteiger partial charge is 0.483 e. The number of pyridine rings is 1. The van der Waals surface area contributed by atoms with Gasteiger partial charge in [0, 0.05) is 5.69 Å². The van der Waals surface area contributed by atoms with E-state index in [0.717, 1.165) is 28.3 Å². The summed E-state index contributed by atoms with van der Waals surface area (Å²) >= 11 is 0. The smallest absolute Gasteiger partial charge is 0.262 e. The molecule has 0 aliphatic rings. The Morgan fingerprint density at radius 2 is 1.78 bits per heavy atom. The molecule has 0 unspecified atom stereocenters. The fourth-order valence-corrected chi connectivity index (χ4v) is 3.18. The Morgan fingerprint density at radius 3 is 2.33 bits per heavy atom. The molecule has 140 valence electrons. The Balaban J connectivity index is 1.62. The van der Waals surface area contributed by atoms with Crippen molar-refractivity contribution in [1.82, 2.24) is 14.8 Å². The molecule has 0 aliphatic carbocycles. The highest BCUT2D eigenvalue weighted by atomic mass is 16.5. The molecule has 27 heavy (non-hydrogen) atoms. The summed E-state index contributed by atoms with van der Waals surface area (Å²) in [5.41, 5.74) is 5.79. The number of benzene rings is 1. The van der Waals surface area contributed by atoms with Crippen LogP contribution in [0.4, 0.5) is 5.69 Å². The molecule has 0 saturated heterocycles. The quantitative estimate of drug-likeness (QED) is 0.747. The van der Waals surface area contributed by atoms with Crippen molar-refractivity contribution in [2.45, 2.75) is 34.6 Å². The number of nitrogens with one attached hydrogen (secondary N) is 1. The summed E-state index contributed by atoms with van der Waals surface area (Å²) in [6, 6.07) is 9.71. The number of rotatable bonds is 5. The van der Waals surface area contributed by atoms with Crippen LogP contribution >= 0.6 is 0 Å². The van der Waals surface area contributed by atoms with Gasteiger partial charge in [-0.3, -0.25) is 4.79 Å². The summed E-state index contributed by atoms with van der Waals surface area (Å²) in [7, 11) is 0. The number of amides is 1. The van der Waals surface area contributed by atoms with Gasteiger partial charge in [-0.25, -0.2) is 9.67 Å². The lowest BCUT2D eigenvalue weighted by molar-refractivity contribution is -0.118. The number of aromatic nitrogens is 3. The first-order valence-corrected chi connectivity index (χ1v) is 8.83. The molecule has 0 atom stereocenters. The highest BCUT2D eigenvalue weighted by Gasteiger charge is 2.10. The van der Waals surface area contributed by atoms with Crippen LogP contribution in [-0.4, -0.2) is 27.3 Å². The summed E-state index contributed by atoms with van der Waals surface area (Å²) in [5.74, 6) is 1.24. The maximum atomic E-state index is 12.2. The molecule has 2 heterocycles. The molecule has 0 saturated carbocycles. The highest BCUT2D eigenvalue weighted by Crippen LogP contribution is 2.24. The van der Waals surface area contributed by atoms with E-state index in [9.17, 15) is 4.79 Å². The molecule has 3 rings (SSSR count). The molecule has 1 amide bonds. The minimum absolute atomic E-state index is 0.0516. The molecule has 1 aromatic carbocycles. The first-order chi connectivity index (χ1) is 12.8. The number of hydrogen-bond donors (Lipinski definition) is 1. The van der Waals surface area contributed by atoms with E-state index in [4.69, 9.17) is 4.74 Å². The zero-order valence-electron chi connectivity index (χ0n) is 16.3. The second-order valence-electron chi connectivity index (χ2n) is 6.81. The summed E-state index contributed by atoms with van der Waals surface area (Å²) < 4.78 is 7.49. The molecule has 0 radical (unpaired) electrons. The van der Waals surface area contributed by atoms with E-state index < -0.39 is 0 Å². The van der Waals surface area contributed by atoms with Crippen LogP contribution < -0.4 is 10.1 Å². The van der Waals surface area contributed by atoms with Crippen molar-refractivity contribution in [2.24, 2.45) is 0 Å². The lowest BCUT2D eigenvalue weighted by atomic mass is 10.1. The average molecular weight is 364 g/mol. The topological polar surface area (TPSA) is 69.0 Å². The maximum absolute atomic E-state index is 12.2. The van der Waals surface area contributed by atoms with Crippen molar-refractivity contribution in [1.29, 1.82) is 0 Å². The van der Waals surface area contributed by atoms with Gasteiger partial charge in [0.05, 0.1) is 17.6 Å². The van der Waals surface area contributed by atoms with Gasteiger partial charge in [0.25, 0.3) is 5.91 Å². The monoisotopic (exact) mass is 364 g/mol. The predicted molar refractivity (Wildman–Crippen MR) is 106 cm³/mol. The van der Waals surface area contributed by atoms with Crippen molar-refractivity contribution >= 4 is 11.6 Å². The van der Waals surface area contributed by atoms with Gasteiger partial charge in [0.15, 0.2) is 12.4 Å². The maximum Gasteiger partial charge on any atom is 0.262 e. The summed E-state index contributed by atoms with van der Waals surface area (Å²) in [6.45, 7) is 9.87. The second-order valence-corrected chi connectivity index (χ2v) is 6.81. The first-order valence-electron chi connectivity index (χ1n) is 8.83. The molecule has 6 heteroatoms. The van der Waals surface area contributed by atoms with Gasteiger partial charge in [-0.1, -0.05) is 17.7 Å². The van der Waals surface area contributed by atoms with Crippen LogP contribution in [0.25, 0.3) is 5.82 Å². The fourth-order valence-electron chi connectivity index (χ4n) is 3.18. The van der Waals surface area contributed by atoms with Crippen molar-refractivity contribution < 1.29 is 9.53 Å². The molecule has 3 aromatic rings. The zero-order valence-corrected chi connectivity index (χ0v) is 16.3. The number of ether oxygens (including phenoxy) is 1. The van der Waals surface area contributed by atoms with Gasteiger partial charge in [-0.05, 0) is 63.9 Å². The summed E-state index contributed by atoms with van der Waals surface area (Å²) in [5, 5.41) is 7.21. The minimum atomic E-state index is -0.227. The second kappa shape index (κ2) is 7.61. The number of carbonyl (C=O) groups is 1. The van der Waals surface area contributed by atoms with Gasteiger partial charge in [-0.15, -0.1) is 0 Å². The van der Waals surface area contributed by atoms with Crippen LogP contribution in [0.1, 0.15) is 28.1 Å². The molecular formula is C21H24N4O2. The van der Waals surface area contributed by atoms with E-state index in [2.05, 4.69) is 15.4 Å². The van der Waals surface area contributed by atoms with Gasteiger partial charge >= 0.3 is 0 Å². The Kier molecular flexibility index (Phi) is 5.26. The normalized spacial score (nSPS) is 10.7. The zero-order chi connectivity index (χ0) is 19.6. The number of carbonyl (C=O) groups excluding carboxylic acids is 1. The van der Waals surface area contributed by atoms with Crippen LogP contribution in [0, 0.1) is 34.6 Å². The molecule has 0 spiro atoms. The first kappa shape index (κ1) is 18.6. The lowest BCUT2D eigenvalue weighted by Gasteiger charge is -2.13. The highest BCUT2D eigenvalue weighted by molar-refractivity contribution is 5.91. The Hall–Kier alpha value is -3.15. The van der Waals surface area contributed by atoms with E-state index >= 15 is 0 Å². The third-order valence-electron chi connectivity index (χ3n) is 4.21.